The van der Waals surface area contributed by atoms with Gasteiger partial charge in [-0.3, -0.25) is 0 Å². The van der Waals surface area contributed by atoms with E-state index in [9.17, 15) is 0 Å². The summed E-state index contributed by atoms with van der Waals surface area (Å²) in [5, 5.41) is 0. The summed E-state index contributed by atoms with van der Waals surface area (Å²) in [4.78, 5) is 0. The van der Waals surface area contributed by atoms with Crippen molar-refractivity contribution in [2.45, 2.75) is 32.6 Å². The number of rotatable bonds is 0. The Bertz CT molecular complexity index is 56.4. The average Bonchev–Trinajstić information content (AvgIpc) is 1.77. The van der Waals surface area contributed by atoms with Gasteiger partial charge in [0.25, 0.3) is 0 Å². The van der Waals surface area contributed by atoms with E-state index in [0.29, 0.717) is 0 Å². The molecule has 0 bridgehead atoms. The molecule has 2 atom stereocenters. The topological polar surface area (TPSA) is 0 Å². The molecule has 0 unspecified atom stereocenters. The molecule has 1 aliphatic rings. The molecule has 1 saturated carbocycles. The maximum absolute atomic E-state index is 4.08. The van der Waals surface area contributed by atoms with E-state index in [-0.39, 0.29) is 0 Å². The summed E-state index contributed by atoms with van der Waals surface area (Å²) in [5.74, 6) is 1.65. The Morgan fingerprint density at radius 1 is 1.25 bits per heavy atom. The van der Waals surface area contributed by atoms with Crippen molar-refractivity contribution in [3.05, 3.63) is 6.92 Å². The van der Waals surface area contributed by atoms with Crippen molar-refractivity contribution in [2.24, 2.45) is 11.8 Å². The summed E-state index contributed by atoms with van der Waals surface area (Å²) in [7, 11) is 0. The standard InChI is InChI=1S/C8H15/c1-7-5-3-4-6-8(7)2/h7-8H,1,3-6H2,2H3/q+1/t7-,8-/m1/s1. The van der Waals surface area contributed by atoms with Gasteiger partial charge in [0.05, 0.1) is 12.8 Å². The number of hydrogen-bond acceptors (Lipinski definition) is 0. The summed E-state index contributed by atoms with van der Waals surface area (Å²) < 4.78 is 0. The molecule has 0 amide bonds. The highest BCUT2D eigenvalue weighted by Crippen LogP contribution is 2.27. The van der Waals surface area contributed by atoms with Crippen LogP contribution in [-0.2, 0) is 0 Å². The normalized spacial score (nSPS) is 39.6. The minimum Gasteiger partial charge on any atom is -0.0582 e. The van der Waals surface area contributed by atoms with Gasteiger partial charge in [-0.05, 0) is 25.2 Å². The van der Waals surface area contributed by atoms with Gasteiger partial charge in [-0.2, -0.15) is 0 Å². The lowest BCUT2D eigenvalue weighted by molar-refractivity contribution is 0.304. The van der Waals surface area contributed by atoms with Gasteiger partial charge in [-0.1, -0.05) is 13.3 Å². The number of hydrogen-bond donors (Lipinski definition) is 0. The van der Waals surface area contributed by atoms with Crippen molar-refractivity contribution in [1.29, 1.82) is 0 Å². The zero-order valence-corrected chi connectivity index (χ0v) is 5.69. The second-order valence-corrected chi connectivity index (χ2v) is 3.02. The molecule has 0 saturated heterocycles. The first kappa shape index (κ1) is 6.00. The fourth-order valence-corrected chi connectivity index (χ4v) is 1.39. The lowest BCUT2D eigenvalue weighted by Gasteiger charge is -2.19. The minimum atomic E-state index is 0.753. The monoisotopic (exact) mass is 111 g/mol. The van der Waals surface area contributed by atoms with Gasteiger partial charge in [-0.25, -0.2) is 0 Å². The summed E-state index contributed by atoms with van der Waals surface area (Å²) in [6, 6.07) is 0. The molecule has 0 radical (unpaired) electrons. The lowest BCUT2D eigenvalue weighted by Crippen LogP contribution is -2.12. The Labute approximate surface area is 52.3 Å². The molecule has 1 aliphatic carbocycles. The van der Waals surface area contributed by atoms with Crippen molar-refractivity contribution < 1.29 is 0 Å². The molecule has 0 aliphatic heterocycles. The van der Waals surface area contributed by atoms with Crippen LogP contribution in [0.25, 0.3) is 0 Å². The van der Waals surface area contributed by atoms with Gasteiger partial charge in [-0.15, -0.1) is 0 Å². The molecule has 0 heteroatoms. The fourth-order valence-electron chi connectivity index (χ4n) is 1.39. The van der Waals surface area contributed by atoms with Crippen LogP contribution in [0.5, 0.6) is 0 Å². The molecular weight excluding hydrogens is 96.1 g/mol. The molecule has 1 rings (SSSR count). The van der Waals surface area contributed by atoms with Crippen LogP contribution in [0.15, 0.2) is 0 Å². The van der Waals surface area contributed by atoms with Gasteiger partial charge >= 0.3 is 0 Å². The third-order valence-corrected chi connectivity index (χ3v) is 2.29. The molecule has 0 spiro atoms. The molecule has 0 aromatic heterocycles. The van der Waals surface area contributed by atoms with E-state index in [1.165, 1.54) is 25.7 Å². The highest BCUT2D eigenvalue weighted by atomic mass is 14.2. The van der Waals surface area contributed by atoms with Crippen LogP contribution in [-0.4, -0.2) is 0 Å². The third-order valence-electron chi connectivity index (χ3n) is 2.29. The molecular formula is C8H15+. The van der Waals surface area contributed by atoms with Crippen LogP contribution in [0, 0.1) is 18.8 Å². The predicted molar refractivity (Wildman–Crippen MR) is 36.5 cm³/mol. The first-order valence-electron chi connectivity index (χ1n) is 3.64. The van der Waals surface area contributed by atoms with Gasteiger partial charge in [0, 0.05) is 0 Å². The van der Waals surface area contributed by atoms with E-state index < -0.39 is 0 Å². The first-order chi connectivity index (χ1) is 3.80. The van der Waals surface area contributed by atoms with Crippen LogP contribution >= 0.6 is 0 Å². The van der Waals surface area contributed by atoms with Crippen molar-refractivity contribution in [3.63, 3.8) is 0 Å². The van der Waals surface area contributed by atoms with E-state index in [4.69, 9.17) is 0 Å². The van der Waals surface area contributed by atoms with Crippen LogP contribution in [0.2, 0.25) is 0 Å². The third kappa shape index (κ3) is 1.18. The van der Waals surface area contributed by atoms with E-state index in [1.54, 1.807) is 0 Å². The van der Waals surface area contributed by atoms with E-state index in [1.807, 2.05) is 0 Å². The quantitative estimate of drug-likeness (QED) is 0.421. The SMILES string of the molecule is [CH2+][C@@H]1CCCC[C@H]1C. The first-order valence-corrected chi connectivity index (χ1v) is 3.64. The van der Waals surface area contributed by atoms with Gasteiger partial charge in [0.1, 0.15) is 0 Å². The maximum Gasteiger partial charge on any atom is 0.0978 e. The second kappa shape index (κ2) is 2.43. The van der Waals surface area contributed by atoms with Crippen molar-refractivity contribution in [2.75, 3.05) is 0 Å². The van der Waals surface area contributed by atoms with E-state index in [2.05, 4.69) is 13.8 Å². The highest BCUT2D eigenvalue weighted by molar-refractivity contribution is 4.72. The smallest absolute Gasteiger partial charge is 0.0582 e. The summed E-state index contributed by atoms with van der Waals surface area (Å²) in [6.45, 7) is 6.39. The zero-order chi connectivity index (χ0) is 5.98. The van der Waals surface area contributed by atoms with Crippen molar-refractivity contribution in [3.8, 4) is 0 Å². The molecule has 0 nitrogen and oxygen atoms in total. The second-order valence-electron chi connectivity index (χ2n) is 3.02. The Balaban J connectivity index is 2.28. The molecule has 46 valence electrons. The Hall–Kier alpha value is -0.130. The van der Waals surface area contributed by atoms with Crippen LogP contribution in [0.4, 0.5) is 0 Å². The van der Waals surface area contributed by atoms with Crippen molar-refractivity contribution in [1.82, 2.24) is 0 Å². The van der Waals surface area contributed by atoms with Crippen LogP contribution in [0.3, 0.4) is 0 Å². The molecule has 0 aromatic rings. The Kier molecular flexibility index (Phi) is 1.82. The minimum absolute atomic E-state index is 0.753. The molecule has 0 aromatic carbocycles. The summed E-state index contributed by atoms with van der Waals surface area (Å²) in [6.07, 6.45) is 5.63. The van der Waals surface area contributed by atoms with Crippen molar-refractivity contribution >= 4 is 0 Å². The van der Waals surface area contributed by atoms with E-state index in [0.717, 1.165) is 11.8 Å². The lowest BCUT2D eigenvalue weighted by atomic mass is 9.82. The molecule has 0 N–H and O–H groups in total. The maximum atomic E-state index is 4.08. The summed E-state index contributed by atoms with van der Waals surface area (Å²) in [5.41, 5.74) is 0. The van der Waals surface area contributed by atoms with E-state index >= 15 is 0 Å². The Morgan fingerprint density at radius 2 is 1.88 bits per heavy atom. The molecule has 8 heavy (non-hydrogen) atoms. The van der Waals surface area contributed by atoms with Gasteiger partial charge in [0.2, 0.25) is 0 Å². The highest BCUT2D eigenvalue weighted by Gasteiger charge is 2.21. The average molecular weight is 111 g/mol. The summed E-state index contributed by atoms with van der Waals surface area (Å²) >= 11 is 0. The Morgan fingerprint density at radius 3 is 2.25 bits per heavy atom. The molecule has 1 fully saturated rings. The van der Waals surface area contributed by atoms with Crippen LogP contribution < -0.4 is 0 Å². The fraction of sp³-hybridized carbons (Fsp3) is 0.875. The zero-order valence-electron chi connectivity index (χ0n) is 5.69. The van der Waals surface area contributed by atoms with Crippen LogP contribution in [0.1, 0.15) is 32.6 Å². The largest absolute Gasteiger partial charge is 0.0978 e. The van der Waals surface area contributed by atoms with Gasteiger partial charge < -0.3 is 0 Å². The predicted octanol–water partition coefficient (Wildman–Crippen LogP) is 2.65. The van der Waals surface area contributed by atoms with Gasteiger partial charge in [0.15, 0.2) is 0 Å². The molecule has 0 heterocycles.